The van der Waals surface area contributed by atoms with Gasteiger partial charge in [-0.25, -0.2) is 4.79 Å². The second-order valence-electron chi connectivity index (χ2n) is 8.51. The second kappa shape index (κ2) is 8.24. The third-order valence-corrected chi connectivity index (χ3v) is 4.73. The first kappa shape index (κ1) is 22.4. The van der Waals surface area contributed by atoms with E-state index in [1.54, 1.807) is 20.8 Å². The first-order valence-electron chi connectivity index (χ1n) is 9.40. The van der Waals surface area contributed by atoms with E-state index < -0.39 is 22.2 Å². The number of carbonyl (C=O) groups excluding carboxylic acids is 1. The van der Waals surface area contributed by atoms with Crippen LogP contribution < -0.4 is 15.4 Å². The predicted octanol–water partition coefficient (Wildman–Crippen LogP) is 4.54. The molecule has 0 saturated heterocycles. The fourth-order valence-electron chi connectivity index (χ4n) is 2.76. The van der Waals surface area contributed by atoms with Crippen molar-refractivity contribution in [2.45, 2.75) is 52.2 Å². The lowest BCUT2D eigenvalue weighted by atomic mass is 9.86. The number of nitrogens with two attached hydrogens (primary N) is 1. The molecule has 0 bridgehead atoms. The number of ether oxygens (including phenoxy) is 2. The summed E-state index contributed by atoms with van der Waals surface area (Å²) >= 11 is 0. The molecule has 2 N–H and O–H groups in total. The largest absolute Gasteiger partial charge is 0.462 e. The highest BCUT2D eigenvalue weighted by Gasteiger charge is 2.28. The van der Waals surface area contributed by atoms with Crippen molar-refractivity contribution in [3.8, 4) is 5.75 Å². The maximum atomic E-state index is 12.4. The zero-order chi connectivity index (χ0) is 22.0. The molecular formula is C21H29N3O5. The average molecular weight is 403 g/mol. The van der Waals surface area contributed by atoms with Crippen LogP contribution in [0.4, 0.5) is 16.2 Å². The predicted molar refractivity (Wildman–Crippen MR) is 112 cm³/mol. The van der Waals surface area contributed by atoms with Gasteiger partial charge >= 0.3 is 6.09 Å². The number of hydrogen-bond acceptors (Lipinski definition) is 6. The van der Waals surface area contributed by atoms with Gasteiger partial charge in [-0.2, -0.15) is 0 Å². The molecule has 0 spiro atoms. The van der Waals surface area contributed by atoms with Gasteiger partial charge in [-0.05, 0) is 45.8 Å². The van der Waals surface area contributed by atoms with Crippen LogP contribution in [-0.4, -0.2) is 29.2 Å². The quantitative estimate of drug-likeness (QED) is 0.584. The number of nitro groups is 1. The first-order valence-corrected chi connectivity index (χ1v) is 9.40. The van der Waals surface area contributed by atoms with Crippen molar-refractivity contribution < 1.29 is 19.2 Å². The summed E-state index contributed by atoms with van der Waals surface area (Å²) in [5, 5.41) is 11.4. The monoisotopic (exact) mass is 403 g/mol. The van der Waals surface area contributed by atoms with Crippen molar-refractivity contribution in [2.24, 2.45) is 11.7 Å². The molecule has 1 aromatic carbocycles. The Hall–Kier alpha value is -2.87. The lowest BCUT2D eigenvalue weighted by Gasteiger charge is -2.27. The number of hydrogen-bond donors (Lipinski definition) is 1. The Morgan fingerprint density at radius 3 is 2.62 bits per heavy atom. The van der Waals surface area contributed by atoms with Gasteiger partial charge in [0.25, 0.3) is 5.69 Å². The Bertz CT molecular complexity index is 852. The Kier molecular flexibility index (Phi) is 6.37. The summed E-state index contributed by atoms with van der Waals surface area (Å²) in [4.78, 5) is 24.4. The Morgan fingerprint density at radius 1 is 1.38 bits per heavy atom. The fourth-order valence-corrected chi connectivity index (χ4v) is 2.76. The van der Waals surface area contributed by atoms with Crippen molar-refractivity contribution in [1.29, 1.82) is 0 Å². The van der Waals surface area contributed by atoms with Gasteiger partial charge in [0.1, 0.15) is 22.8 Å². The zero-order valence-corrected chi connectivity index (χ0v) is 17.8. The van der Waals surface area contributed by atoms with Gasteiger partial charge in [0.05, 0.1) is 4.92 Å². The van der Waals surface area contributed by atoms with Crippen molar-refractivity contribution in [1.82, 2.24) is 0 Å². The number of nitro benzene ring substituents is 1. The normalized spacial score (nSPS) is 21.8. The van der Waals surface area contributed by atoms with Gasteiger partial charge in [0.15, 0.2) is 0 Å². The molecule has 1 aliphatic carbocycles. The van der Waals surface area contributed by atoms with Gasteiger partial charge in [0.2, 0.25) is 0 Å². The summed E-state index contributed by atoms with van der Waals surface area (Å²) in [5.41, 5.74) is 4.95. The Balaban J connectivity index is 2.31. The topological polar surface area (TPSA) is 108 Å². The van der Waals surface area contributed by atoms with E-state index in [0.717, 1.165) is 4.90 Å². The number of amides is 1. The minimum atomic E-state index is -0.725. The number of rotatable bonds is 4. The van der Waals surface area contributed by atoms with Gasteiger partial charge in [-0.1, -0.05) is 19.1 Å². The molecule has 1 aliphatic rings. The molecule has 0 radical (unpaired) electrons. The second-order valence-corrected chi connectivity index (χ2v) is 8.51. The molecule has 2 unspecified atom stereocenters. The number of nitrogens with zero attached hydrogens (tertiary/aromatic N) is 2. The molecule has 8 heteroatoms. The molecule has 0 saturated carbocycles. The highest BCUT2D eigenvalue weighted by molar-refractivity contribution is 5.90. The summed E-state index contributed by atoms with van der Waals surface area (Å²) in [6, 6.07) is 4.28. The van der Waals surface area contributed by atoms with E-state index in [-0.39, 0.29) is 17.3 Å². The molecule has 0 aliphatic heterocycles. The SMILES string of the molecule is CC1CC(Oc2ccc([N+](=O)[O-])c(N(C)C(=O)OC(C)(C)C)c2)=CC=CC1(C)N. The van der Waals surface area contributed by atoms with Crippen LogP contribution in [0.2, 0.25) is 0 Å². The molecular weight excluding hydrogens is 374 g/mol. The third-order valence-electron chi connectivity index (χ3n) is 4.73. The highest BCUT2D eigenvalue weighted by atomic mass is 16.6. The Labute approximate surface area is 171 Å². The standard InChI is InChI=1S/C21H29N3O5/c1-14-12-15(8-7-11-21(14,5)22)28-16-9-10-17(24(26)27)18(13-16)23(6)19(25)29-20(2,3)4/h7-11,13-14H,12,22H2,1-6H3. The summed E-state index contributed by atoms with van der Waals surface area (Å²) in [5.74, 6) is 1.20. The van der Waals surface area contributed by atoms with E-state index in [4.69, 9.17) is 15.2 Å². The van der Waals surface area contributed by atoms with Gasteiger partial charge in [0, 0.05) is 31.1 Å². The third kappa shape index (κ3) is 5.80. The fraction of sp³-hybridized carbons (Fsp3) is 0.476. The smallest absolute Gasteiger partial charge is 0.414 e. The van der Waals surface area contributed by atoms with Crippen LogP contribution in [0.5, 0.6) is 5.75 Å². The highest BCUT2D eigenvalue weighted by Crippen LogP contribution is 2.34. The maximum Gasteiger partial charge on any atom is 0.414 e. The van der Waals surface area contributed by atoms with Crippen LogP contribution in [-0.2, 0) is 4.74 Å². The molecule has 1 aromatic rings. The minimum Gasteiger partial charge on any atom is -0.462 e. The van der Waals surface area contributed by atoms with Crippen molar-refractivity contribution in [2.75, 3.05) is 11.9 Å². The van der Waals surface area contributed by atoms with E-state index in [0.29, 0.717) is 17.9 Å². The van der Waals surface area contributed by atoms with Crippen LogP contribution in [0.3, 0.4) is 0 Å². The molecule has 0 aromatic heterocycles. The van der Waals surface area contributed by atoms with E-state index in [9.17, 15) is 14.9 Å². The number of allylic oxidation sites excluding steroid dienone is 3. The summed E-state index contributed by atoms with van der Waals surface area (Å²) in [7, 11) is 1.43. The maximum absolute atomic E-state index is 12.4. The van der Waals surface area contributed by atoms with Crippen LogP contribution in [0.1, 0.15) is 41.0 Å². The van der Waals surface area contributed by atoms with Gasteiger partial charge < -0.3 is 15.2 Å². The summed E-state index contributed by atoms with van der Waals surface area (Å²) in [6.45, 7) is 9.16. The van der Waals surface area contributed by atoms with Crippen LogP contribution in [0, 0.1) is 16.0 Å². The minimum absolute atomic E-state index is 0.0863. The number of benzene rings is 1. The molecule has 0 heterocycles. The van der Waals surface area contributed by atoms with Crippen molar-refractivity contribution >= 4 is 17.5 Å². The molecule has 0 fully saturated rings. The van der Waals surface area contributed by atoms with Crippen LogP contribution >= 0.6 is 0 Å². The summed E-state index contributed by atoms with van der Waals surface area (Å²) < 4.78 is 11.3. The molecule has 1 amide bonds. The summed E-state index contributed by atoms with van der Waals surface area (Å²) in [6.07, 6.45) is 5.51. The molecule has 158 valence electrons. The molecule has 2 atom stereocenters. The van der Waals surface area contributed by atoms with E-state index >= 15 is 0 Å². The molecule has 2 rings (SSSR count). The van der Waals surface area contributed by atoms with Crippen molar-refractivity contribution in [3.63, 3.8) is 0 Å². The van der Waals surface area contributed by atoms with Gasteiger partial charge in [-0.15, -0.1) is 0 Å². The number of anilines is 1. The first-order chi connectivity index (χ1) is 13.3. The van der Waals surface area contributed by atoms with E-state index in [2.05, 4.69) is 0 Å². The molecule has 29 heavy (non-hydrogen) atoms. The van der Waals surface area contributed by atoms with Gasteiger partial charge in [-0.3, -0.25) is 15.0 Å². The lowest BCUT2D eigenvalue weighted by Crippen LogP contribution is -2.40. The lowest BCUT2D eigenvalue weighted by molar-refractivity contribution is -0.384. The number of carbonyl (C=O) groups is 1. The van der Waals surface area contributed by atoms with E-state index in [1.165, 1.54) is 25.2 Å². The van der Waals surface area contributed by atoms with Crippen LogP contribution in [0.15, 0.2) is 42.2 Å². The average Bonchev–Trinajstić information content (AvgIpc) is 2.70. The van der Waals surface area contributed by atoms with Crippen molar-refractivity contribution in [3.05, 3.63) is 52.3 Å². The molecule has 8 nitrogen and oxygen atoms in total. The van der Waals surface area contributed by atoms with Crippen LogP contribution in [0.25, 0.3) is 0 Å². The zero-order valence-electron chi connectivity index (χ0n) is 17.8. The Morgan fingerprint density at radius 2 is 2.03 bits per heavy atom. The van der Waals surface area contributed by atoms with E-state index in [1.807, 2.05) is 32.1 Å².